The van der Waals surface area contributed by atoms with Crippen LogP contribution in [0.2, 0.25) is 0 Å². The van der Waals surface area contributed by atoms with Crippen LogP contribution in [0, 0.1) is 13.8 Å². The third-order valence-corrected chi connectivity index (χ3v) is 3.85. The summed E-state index contributed by atoms with van der Waals surface area (Å²) in [5.74, 6) is -1.27. The first-order chi connectivity index (χ1) is 11.8. The Kier molecular flexibility index (Phi) is 8.18. The SMILES string of the molecule is CCCC(C)NC(=O)COC(=O)Cn1c(C)cc(C(=O)OCC)c1C. The van der Waals surface area contributed by atoms with Gasteiger partial charge in [0.25, 0.3) is 5.91 Å². The van der Waals surface area contributed by atoms with E-state index in [0.29, 0.717) is 11.3 Å². The summed E-state index contributed by atoms with van der Waals surface area (Å²) >= 11 is 0. The summed E-state index contributed by atoms with van der Waals surface area (Å²) in [5, 5.41) is 2.77. The molecule has 1 N–H and O–H groups in total. The summed E-state index contributed by atoms with van der Waals surface area (Å²) in [6.07, 6.45) is 1.84. The van der Waals surface area contributed by atoms with Crippen molar-refractivity contribution < 1.29 is 23.9 Å². The third-order valence-electron chi connectivity index (χ3n) is 3.85. The van der Waals surface area contributed by atoms with Gasteiger partial charge >= 0.3 is 11.9 Å². The minimum absolute atomic E-state index is 0.0530. The summed E-state index contributed by atoms with van der Waals surface area (Å²) in [7, 11) is 0. The van der Waals surface area contributed by atoms with Gasteiger partial charge in [-0.3, -0.25) is 9.59 Å². The first kappa shape index (κ1) is 20.7. The fourth-order valence-corrected chi connectivity index (χ4v) is 2.60. The molecular formula is C18H28N2O5. The van der Waals surface area contributed by atoms with Gasteiger partial charge in [0.2, 0.25) is 0 Å². The quantitative estimate of drug-likeness (QED) is 0.688. The predicted molar refractivity (Wildman–Crippen MR) is 93.3 cm³/mol. The van der Waals surface area contributed by atoms with Crippen LogP contribution in [0.5, 0.6) is 0 Å². The van der Waals surface area contributed by atoms with Gasteiger partial charge in [0.1, 0.15) is 6.54 Å². The number of hydrogen-bond acceptors (Lipinski definition) is 5. The number of aromatic nitrogens is 1. The molecule has 0 fully saturated rings. The summed E-state index contributed by atoms with van der Waals surface area (Å²) in [4.78, 5) is 35.6. The van der Waals surface area contributed by atoms with E-state index in [9.17, 15) is 14.4 Å². The Morgan fingerprint density at radius 2 is 1.88 bits per heavy atom. The molecule has 0 aromatic carbocycles. The van der Waals surface area contributed by atoms with Crippen LogP contribution >= 0.6 is 0 Å². The molecule has 1 aromatic heterocycles. The molecule has 1 aromatic rings. The molecular weight excluding hydrogens is 324 g/mol. The van der Waals surface area contributed by atoms with Crippen LogP contribution in [0.4, 0.5) is 0 Å². The Hall–Kier alpha value is -2.31. The monoisotopic (exact) mass is 352 g/mol. The van der Waals surface area contributed by atoms with Gasteiger partial charge in [-0.05, 0) is 40.2 Å². The molecule has 0 saturated carbocycles. The van der Waals surface area contributed by atoms with Crippen LogP contribution in [0.3, 0.4) is 0 Å². The number of esters is 2. The van der Waals surface area contributed by atoms with E-state index in [1.54, 1.807) is 31.4 Å². The molecule has 0 aliphatic carbocycles. The second-order valence-corrected chi connectivity index (χ2v) is 6.01. The Bertz CT molecular complexity index is 621. The highest BCUT2D eigenvalue weighted by Crippen LogP contribution is 2.16. The fraction of sp³-hybridized carbons (Fsp3) is 0.611. The van der Waals surface area contributed by atoms with Crippen molar-refractivity contribution in [2.75, 3.05) is 13.2 Å². The van der Waals surface area contributed by atoms with E-state index in [1.807, 2.05) is 13.8 Å². The third kappa shape index (κ3) is 6.25. The smallest absolute Gasteiger partial charge is 0.339 e. The predicted octanol–water partition coefficient (Wildman–Crippen LogP) is 2.13. The van der Waals surface area contributed by atoms with E-state index >= 15 is 0 Å². The lowest BCUT2D eigenvalue weighted by molar-refractivity contribution is -0.149. The van der Waals surface area contributed by atoms with Crippen LogP contribution in [0.25, 0.3) is 0 Å². The number of aryl methyl sites for hydroxylation is 1. The topological polar surface area (TPSA) is 86.6 Å². The van der Waals surface area contributed by atoms with E-state index in [0.717, 1.165) is 18.5 Å². The number of nitrogens with zero attached hydrogens (tertiary/aromatic N) is 1. The molecule has 0 spiro atoms. The average molecular weight is 352 g/mol. The zero-order valence-electron chi connectivity index (χ0n) is 15.7. The van der Waals surface area contributed by atoms with Crippen molar-refractivity contribution in [1.82, 2.24) is 9.88 Å². The molecule has 1 unspecified atom stereocenters. The van der Waals surface area contributed by atoms with Gasteiger partial charge in [-0.25, -0.2) is 4.79 Å². The molecule has 7 nitrogen and oxygen atoms in total. The highest BCUT2D eigenvalue weighted by Gasteiger charge is 2.19. The standard InChI is InChI=1S/C18H28N2O5/c1-6-8-12(3)19-16(21)11-25-17(22)10-20-13(4)9-15(14(20)5)18(23)24-7-2/h9,12H,6-8,10-11H2,1-5H3,(H,19,21). The van der Waals surface area contributed by atoms with Gasteiger partial charge in [0.15, 0.2) is 6.61 Å². The normalized spacial score (nSPS) is 11.7. The van der Waals surface area contributed by atoms with Crippen molar-refractivity contribution in [2.45, 2.75) is 60.0 Å². The van der Waals surface area contributed by atoms with Crippen LogP contribution < -0.4 is 5.32 Å². The van der Waals surface area contributed by atoms with E-state index in [4.69, 9.17) is 9.47 Å². The minimum atomic E-state index is -0.532. The molecule has 140 valence electrons. The molecule has 25 heavy (non-hydrogen) atoms. The van der Waals surface area contributed by atoms with Crippen molar-refractivity contribution in [1.29, 1.82) is 0 Å². The Labute approximate surface area is 148 Å². The van der Waals surface area contributed by atoms with Gasteiger partial charge in [-0.2, -0.15) is 0 Å². The maximum atomic E-state index is 12.0. The van der Waals surface area contributed by atoms with Crippen molar-refractivity contribution in [3.63, 3.8) is 0 Å². The number of carbonyl (C=O) groups is 3. The largest absolute Gasteiger partial charge is 0.462 e. The van der Waals surface area contributed by atoms with E-state index in [2.05, 4.69) is 5.32 Å². The van der Waals surface area contributed by atoms with Crippen molar-refractivity contribution >= 4 is 17.8 Å². The fourth-order valence-electron chi connectivity index (χ4n) is 2.60. The lowest BCUT2D eigenvalue weighted by atomic mass is 10.2. The molecule has 0 aliphatic rings. The molecule has 1 atom stereocenters. The molecule has 1 heterocycles. The lowest BCUT2D eigenvalue weighted by Gasteiger charge is -2.13. The minimum Gasteiger partial charge on any atom is -0.462 e. The molecule has 0 bridgehead atoms. The van der Waals surface area contributed by atoms with Gasteiger partial charge in [-0.15, -0.1) is 0 Å². The number of carbonyl (C=O) groups excluding carboxylic acids is 3. The summed E-state index contributed by atoms with van der Waals surface area (Å²) in [6, 6.07) is 1.73. The lowest BCUT2D eigenvalue weighted by Crippen LogP contribution is -2.36. The van der Waals surface area contributed by atoms with Crippen LogP contribution in [-0.4, -0.2) is 41.7 Å². The van der Waals surface area contributed by atoms with Gasteiger partial charge < -0.3 is 19.4 Å². The second kappa shape index (κ2) is 9.86. The Morgan fingerprint density at radius 3 is 2.48 bits per heavy atom. The Balaban J connectivity index is 2.60. The van der Waals surface area contributed by atoms with Crippen molar-refractivity contribution in [2.24, 2.45) is 0 Å². The zero-order valence-corrected chi connectivity index (χ0v) is 15.7. The average Bonchev–Trinajstić information content (AvgIpc) is 2.81. The van der Waals surface area contributed by atoms with Gasteiger partial charge in [0, 0.05) is 17.4 Å². The maximum absolute atomic E-state index is 12.0. The van der Waals surface area contributed by atoms with Crippen LogP contribution in [-0.2, 0) is 25.6 Å². The summed E-state index contributed by atoms with van der Waals surface area (Å²) < 4.78 is 11.7. The molecule has 7 heteroatoms. The number of hydrogen-bond donors (Lipinski definition) is 1. The van der Waals surface area contributed by atoms with Crippen molar-refractivity contribution in [3.8, 4) is 0 Å². The molecule has 0 radical (unpaired) electrons. The first-order valence-electron chi connectivity index (χ1n) is 8.58. The zero-order chi connectivity index (χ0) is 19.0. The maximum Gasteiger partial charge on any atom is 0.339 e. The number of nitrogens with one attached hydrogen (secondary N) is 1. The molecule has 1 rings (SSSR count). The van der Waals surface area contributed by atoms with Gasteiger partial charge in [-0.1, -0.05) is 13.3 Å². The summed E-state index contributed by atoms with van der Waals surface area (Å²) in [6.45, 7) is 9.14. The number of rotatable bonds is 9. The highest BCUT2D eigenvalue weighted by atomic mass is 16.5. The van der Waals surface area contributed by atoms with Crippen LogP contribution in [0.1, 0.15) is 55.4 Å². The molecule has 0 saturated heterocycles. The first-order valence-corrected chi connectivity index (χ1v) is 8.58. The van der Waals surface area contributed by atoms with Gasteiger partial charge in [0.05, 0.1) is 12.2 Å². The molecule has 1 amide bonds. The molecule has 0 aliphatic heterocycles. The number of ether oxygens (including phenoxy) is 2. The van der Waals surface area contributed by atoms with E-state index in [1.165, 1.54) is 0 Å². The van der Waals surface area contributed by atoms with E-state index < -0.39 is 11.9 Å². The number of amides is 1. The Morgan fingerprint density at radius 1 is 1.20 bits per heavy atom. The van der Waals surface area contributed by atoms with Crippen LogP contribution in [0.15, 0.2) is 6.07 Å². The van der Waals surface area contributed by atoms with E-state index in [-0.39, 0.29) is 31.7 Å². The van der Waals surface area contributed by atoms with Crippen molar-refractivity contribution in [3.05, 3.63) is 23.0 Å². The second-order valence-electron chi connectivity index (χ2n) is 6.01. The summed E-state index contributed by atoms with van der Waals surface area (Å²) in [5.41, 5.74) is 1.81. The highest BCUT2D eigenvalue weighted by molar-refractivity contribution is 5.91.